The van der Waals surface area contributed by atoms with Crippen LogP contribution in [0.4, 0.5) is 0 Å². The lowest BCUT2D eigenvalue weighted by atomic mass is 9.89. The van der Waals surface area contributed by atoms with Crippen LogP contribution in [0.1, 0.15) is 37.6 Å². The molecule has 3 heteroatoms. The van der Waals surface area contributed by atoms with Gasteiger partial charge in [0, 0.05) is 21.5 Å². The van der Waals surface area contributed by atoms with Crippen LogP contribution in [-0.4, -0.2) is 10.1 Å². The zero-order valence-electron chi connectivity index (χ0n) is 11.2. The molecule has 0 unspecified atom stereocenters. The Bertz CT molecular complexity index is 599. The summed E-state index contributed by atoms with van der Waals surface area (Å²) in [5.74, 6) is 0. The minimum absolute atomic E-state index is 0.00187. The second kappa shape index (κ2) is 4.52. The molecule has 0 aliphatic heterocycles. The molecule has 2 nitrogen and oxygen atoms in total. The van der Waals surface area contributed by atoms with Gasteiger partial charge in [-0.2, -0.15) is 0 Å². The first-order chi connectivity index (χ1) is 8.32. The van der Waals surface area contributed by atoms with Gasteiger partial charge in [0.25, 0.3) is 0 Å². The second-order valence-corrected chi connectivity index (χ2v) is 6.13. The molecule has 0 atom stereocenters. The third-order valence-corrected chi connectivity index (χ3v) is 3.31. The highest BCUT2D eigenvalue weighted by Gasteiger charge is 2.18. The zero-order chi connectivity index (χ0) is 13.5. The van der Waals surface area contributed by atoms with E-state index in [1.165, 1.54) is 0 Å². The minimum atomic E-state index is -0.0375. The maximum Gasteiger partial charge on any atom is 0.0739 e. The Labute approximate surface area is 113 Å². The van der Waals surface area contributed by atoms with Gasteiger partial charge in [-0.25, -0.2) is 0 Å². The van der Waals surface area contributed by atoms with Crippen molar-refractivity contribution in [3.63, 3.8) is 0 Å². The molecule has 1 heterocycles. The quantitative estimate of drug-likeness (QED) is 0.844. The fourth-order valence-electron chi connectivity index (χ4n) is 2.04. The number of rotatable bonds is 1. The van der Waals surface area contributed by atoms with Gasteiger partial charge in [-0.1, -0.05) is 32.4 Å². The van der Waals surface area contributed by atoms with Crippen LogP contribution in [0.15, 0.2) is 18.2 Å². The van der Waals surface area contributed by atoms with E-state index in [2.05, 4.69) is 20.8 Å². The third kappa shape index (κ3) is 2.36. The van der Waals surface area contributed by atoms with Crippen LogP contribution in [-0.2, 0) is 12.0 Å². The lowest BCUT2D eigenvalue weighted by Gasteiger charge is -2.20. The molecule has 0 saturated carbocycles. The van der Waals surface area contributed by atoms with E-state index < -0.39 is 0 Å². The average molecular weight is 264 g/mol. The third-order valence-electron chi connectivity index (χ3n) is 3.09. The number of halogens is 1. The van der Waals surface area contributed by atoms with Crippen LogP contribution < -0.4 is 0 Å². The van der Waals surface area contributed by atoms with Crippen molar-refractivity contribution in [1.29, 1.82) is 0 Å². The van der Waals surface area contributed by atoms with Gasteiger partial charge in [0.05, 0.1) is 12.1 Å². The average Bonchev–Trinajstić information content (AvgIpc) is 2.26. The number of nitrogens with zero attached hydrogens (tertiary/aromatic N) is 1. The summed E-state index contributed by atoms with van der Waals surface area (Å²) in [5, 5.41) is 11.2. The summed E-state index contributed by atoms with van der Waals surface area (Å²) in [5.41, 5.74) is 3.80. The lowest BCUT2D eigenvalue weighted by Crippen LogP contribution is -2.14. The number of aryl methyl sites for hydroxylation is 1. The topological polar surface area (TPSA) is 33.1 Å². The Kier molecular flexibility index (Phi) is 3.35. The normalized spacial score (nSPS) is 12.1. The molecule has 1 N–H and O–H groups in total. The maximum absolute atomic E-state index is 9.54. The van der Waals surface area contributed by atoms with Crippen molar-refractivity contribution in [3.8, 4) is 0 Å². The highest BCUT2D eigenvalue weighted by atomic mass is 35.5. The molecule has 1 aromatic carbocycles. The summed E-state index contributed by atoms with van der Waals surface area (Å²) < 4.78 is 0. The number of aliphatic hydroxyl groups is 1. The van der Waals surface area contributed by atoms with E-state index in [4.69, 9.17) is 16.6 Å². The van der Waals surface area contributed by atoms with Gasteiger partial charge >= 0.3 is 0 Å². The van der Waals surface area contributed by atoms with Crippen molar-refractivity contribution in [3.05, 3.63) is 40.0 Å². The first-order valence-electron chi connectivity index (χ1n) is 6.04. The largest absolute Gasteiger partial charge is 0.392 e. The van der Waals surface area contributed by atoms with E-state index in [0.29, 0.717) is 5.02 Å². The summed E-state index contributed by atoms with van der Waals surface area (Å²) in [4.78, 5) is 4.73. The van der Waals surface area contributed by atoms with Crippen LogP contribution in [0.2, 0.25) is 5.02 Å². The predicted molar refractivity (Wildman–Crippen MR) is 76.1 cm³/mol. The highest BCUT2D eigenvalue weighted by molar-refractivity contribution is 6.31. The number of fused-ring (bicyclic) bond motifs is 1. The van der Waals surface area contributed by atoms with Gasteiger partial charge in [0.2, 0.25) is 0 Å². The fraction of sp³-hybridized carbons (Fsp3) is 0.400. The zero-order valence-corrected chi connectivity index (χ0v) is 12.0. The fourth-order valence-corrected chi connectivity index (χ4v) is 2.31. The SMILES string of the molecule is Cc1cc(Cl)cc2c(CO)cc(C(C)(C)C)nc12. The first kappa shape index (κ1) is 13.3. The Morgan fingerprint density at radius 1 is 1.22 bits per heavy atom. The van der Waals surface area contributed by atoms with Gasteiger partial charge in [-0.05, 0) is 36.2 Å². The summed E-state index contributed by atoms with van der Waals surface area (Å²) in [6, 6.07) is 5.75. The van der Waals surface area contributed by atoms with Crippen molar-refractivity contribution < 1.29 is 5.11 Å². The van der Waals surface area contributed by atoms with Gasteiger partial charge in [0.1, 0.15) is 0 Å². The van der Waals surface area contributed by atoms with Gasteiger partial charge in [0.15, 0.2) is 0 Å². The number of pyridine rings is 1. The molecule has 0 fully saturated rings. The molecule has 2 rings (SSSR count). The standard InChI is InChI=1S/C15H18ClNO/c1-9-5-11(16)7-12-10(8-18)6-13(15(2,3)4)17-14(9)12/h5-7,18H,8H2,1-4H3. The van der Waals surface area contributed by atoms with E-state index >= 15 is 0 Å². The Morgan fingerprint density at radius 2 is 1.89 bits per heavy atom. The molecule has 2 aromatic rings. The van der Waals surface area contributed by atoms with E-state index in [9.17, 15) is 5.11 Å². The lowest BCUT2D eigenvalue weighted by molar-refractivity contribution is 0.283. The van der Waals surface area contributed by atoms with Crippen LogP contribution in [0.5, 0.6) is 0 Å². The minimum Gasteiger partial charge on any atom is -0.392 e. The van der Waals surface area contributed by atoms with E-state index in [1.807, 2.05) is 25.1 Å². The van der Waals surface area contributed by atoms with Crippen LogP contribution >= 0.6 is 11.6 Å². The molecule has 1 aromatic heterocycles. The van der Waals surface area contributed by atoms with Crippen molar-refractivity contribution >= 4 is 22.5 Å². The predicted octanol–water partition coefficient (Wildman–Crippen LogP) is 3.99. The molecule has 0 amide bonds. The summed E-state index contributed by atoms with van der Waals surface area (Å²) in [6.45, 7) is 8.35. The molecule has 0 saturated heterocycles. The van der Waals surface area contributed by atoms with Gasteiger partial charge in [-0.15, -0.1) is 0 Å². The highest BCUT2D eigenvalue weighted by Crippen LogP contribution is 2.29. The van der Waals surface area contributed by atoms with Crippen LogP contribution in [0.25, 0.3) is 10.9 Å². The number of aromatic nitrogens is 1. The van der Waals surface area contributed by atoms with Crippen molar-refractivity contribution in [2.45, 2.75) is 39.7 Å². The molecule has 0 radical (unpaired) electrons. The molecule has 18 heavy (non-hydrogen) atoms. The summed E-state index contributed by atoms with van der Waals surface area (Å²) in [6.07, 6.45) is 0. The molecular formula is C15H18ClNO. The number of hydrogen-bond acceptors (Lipinski definition) is 2. The number of benzene rings is 1. The van der Waals surface area contributed by atoms with Crippen molar-refractivity contribution in [2.75, 3.05) is 0 Å². The Morgan fingerprint density at radius 3 is 2.44 bits per heavy atom. The molecule has 0 bridgehead atoms. The molecule has 0 aliphatic carbocycles. The number of aliphatic hydroxyl groups excluding tert-OH is 1. The summed E-state index contributed by atoms with van der Waals surface area (Å²) in [7, 11) is 0. The maximum atomic E-state index is 9.54. The van der Waals surface area contributed by atoms with Crippen molar-refractivity contribution in [2.24, 2.45) is 0 Å². The monoisotopic (exact) mass is 263 g/mol. The van der Waals surface area contributed by atoms with E-state index in [0.717, 1.165) is 27.7 Å². The smallest absolute Gasteiger partial charge is 0.0739 e. The van der Waals surface area contributed by atoms with Crippen LogP contribution in [0, 0.1) is 6.92 Å². The van der Waals surface area contributed by atoms with E-state index in [1.54, 1.807) is 0 Å². The van der Waals surface area contributed by atoms with E-state index in [-0.39, 0.29) is 12.0 Å². The first-order valence-corrected chi connectivity index (χ1v) is 6.42. The number of hydrogen-bond donors (Lipinski definition) is 1. The van der Waals surface area contributed by atoms with Crippen molar-refractivity contribution in [1.82, 2.24) is 4.98 Å². The van der Waals surface area contributed by atoms with Gasteiger partial charge < -0.3 is 5.11 Å². The molecule has 96 valence electrons. The van der Waals surface area contributed by atoms with Gasteiger partial charge in [-0.3, -0.25) is 4.98 Å². The Balaban J connectivity index is 2.84. The summed E-state index contributed by atoms with van der Waals surface area (Å²) >= 11 is 6.07. The molecule has 0 aliphatic rings. The Hall–Kier alpha value is -1.12. The molecular weight excluding hydrogens is 246 g/mol. The second-order valence-electron chi connectivity index (χ2n) is 5.69. The molecule has 0 spiro atoms. The van der Waals surface area contributed by atoms with Crippen LogP contribution in [0.3, 0.4) is 0 Å².